The van der Waals surface area contributed by atoms with E-state index in [2.05, 4.69) is 43.3 Å². The van der Waals surface area contributed by atoms with Crippen molar-refractivity contribution in [1.29, 1.82) is 0 Å². The summed E-state index contributed by atoms with van der Waals surface area (Å²) in [4.78, 5) is 0. The fraction of sp³-hybridized carbons (Fsp3) is 0.263. The second kappa shape index (κ2) is 4.49. The molecule has 0 unspecified atom stereocenters. The minimum atomic E-state index is 0.836. The van der Waals surface area contributed by atoms with Gasteiger partial charge in [-0.05, 0) is 77.8 Å². The highest BCUT2D eigenvalue weighted by atomic mass is 35.5. The second-order valence-corrected chi connectivity index (χ2v) is 6.31. The molecule has 0 spiro atoms. The second-order valence-electron chi connectivity index (χ2n) is 5.87. The van der Waals surface area contributed by atoms with Gasteiger partial charge < -0.3 is 0 Å². The van der Waals surface area contributed by atoms with Crippen LogP contribution in [0.3, 0.4) is 0 Å². The lowest BCUT2D eigenvalue weighted by Gasteiger charge is -2.26. The Hall–Kier alpha value is -1.53. The zero-order chi connectivity index (χ0) is 13.7. The first kappa shape index (κ1) is 12.2. The van der Waals surface area contributed by atoms with Crippen LogP contribution >= 0.6 is 11.6 Å². The van der Waals surface area contributed by atoms with E-state index in [0.717, 1.165) is 5.02 Å². The lowest BCUT2D eigenvalue weighted by molar-refractivity contribution is 0.831. The molecule has 0 fully saturated rings. The van der Waals surface area contributed by atoms with E-state index in [9.17, 15) is 0 Å². The smallest absolute Gasteiger partial charge is 0.0415 e. The molecule has 0 radical (unpaired) electrons. The van der Waals surface area contributed by atoms with Crippen molar-refractivity contribution < 1.29 is 0 Å². The Labute approximate surface area is 124 Å². The third kappa shape index (κ3) is 1.75. The van der Waals surface area contributed by atoms with Gasteiger partial charge in [-0.2, -0.15) is 0 Å². The maximum atomic E-state index is 6.20. The Morgan fingerprint density at radius 1 is 1.05 bits per heavy atom. The first-order valence-electron chi connectivity index (χ1n) is 7.35. The molecule has 4 rings (SSSR count). The standard InChI is InChI=1S/C19H17Cl/c1-12-10-15(20)11-14-7-8-17-16-5-3-2-4-13(16)6-9-18(17)19(12)14/h3,5,7-8,10-11H,2,4,6,9H2,1H3. The molecular formula is C19H17Cl. The van der Waals surface area contributed by atoms with Crippen LogP contribution in [0.15, 0.2) is 42.0 Å². The highest BCUT2D eigenvalue weighted by molar-refractivity contribution is 6.31. The van der Waals surface area contributed by atoms with E-state index in [1.54, 1.807) is 5.57 Å². The van der Waals surface area contributed by atoms with E-state index in [-0.39, 0.29) is 0 Å². The van der Waals surface area contributed by atoms with Crippen LogP contribution in [-0.2, 0) is 6.42 Å². The van der Waals surface area contributed by atoms with Gasteiger partial charge in [0, 0.05) is 5.02 Å². The monoisotopic (exact) mass is 280 g/mol. The van der Waals surface area contributed by atoms with Gasteiger partial charge in [0.15, 0.2) is 0 Å². The summed E-state index contributed by atoms with van der Waals surface area (Å²) < 4.78 is 0. The molecule has 100 valence electrons. The molecule has 0 N–H and O–H groups in total. The van der Waals surface area contributed by atoms with Crippen molar-refractivity contribution in [2.75, 3.05) is 0 Å². The number of halogens is 1. The van der Waals surface area contributed by atoms with Crippen molar-refractivity contribution in [3.63, 3.8) is 0 Å². The Kier molecular flexibility index (Phi) is 2.75. The van der Waals surface area contributed by atoms with Crippen molar-refractivity contribution in [2.24, 2.45) is 0 Å². The van der Waals surface area contributed by atoms with Crippen LogP contribution in [0.5, 0.6) is 0 Å². The Bertz CT molecular complexity index is 778. The van der Waals surface area contributed by atoms with E-state index in [0.29, 0.717) is 0 Å². The number of benzene rings is 2. The van der Waals surface area contributed by atoms with E-state index in [1.807, 2.05) is 0 Å². The number of hydrogen-bond donors (Lipinski definition) is 0. The van der Waals surface area contributed by atoms with Gasteiger partial charge in [0.25, 0.3) is 0 Å². The molecule has 0 atom stereocenters. The number of hydrogen-bond acceptors (Lipinski definition) is 0. The van der Waals surface area contributed by atoms with E-state index >= 15 is 0 Å². The summed E-state index contributed by atoms with van der Waals surface area (Å²) in [5.74, 6) is 0. The molecule has 2 aromatic carbocycles. The predicted molar refractivity (Wildman–Crippen MR) is 87.3 cm³/mol. The average molecular weight is 281 g/mol. The van der Waals surface area contributed by atoms with Crippen molar-refractivity contribution in [3.05, 3.63) is 63.7 Å². The molecule has 0 nitrogen and oxygen atoms in total. The molecule has 0 heterocycles. The summed E-state index contributed by atoms with van der Waals surface area (Å²) in [6, 6.07) is 8.69. The fourth-order valence-electron chi connectivity index (χ4n) is 3.76. The van der Waals surface area contributed by atoms with E-state index < -0.39 is 0 Å². The van der Waals surface area contributed by atoms with Gasteiger partial charge >= 0.3 is 0 Å². The SMILES string of the molecule is Cc1cc(Cl)cc2ccc3c(c12)CCC1=C3C=CCC1. The van der Waals surface area contributed by atoms with Gasteiger partial charge in [0.2, 0.25) is 0 Å². The third-order valence-electron chi connectivity index (χ3n) is 4.63. The summed E-state index contributed by atoms with van der Waals surface area (Å²) in [5.41, 5.74) is 7.38. The van der Waals surface area contributed by atoms with Gasteiger partial charge in [0.1, 0.15) is 0 Å². The summed E-state index contributed by atoms with van der Waals surface area (Å²) in [6.45, 7) is 2.18. The lowest BCUT2D eigenvalue weighted by Crippen LogP contribution is -2.07. The summed E-state index contributed by atoms with van der Waals surface area (Å²) in [6.07, 6.45) is 9.47. The highest BCUT2D eigenvalue weighted by Gasteiger charge is 2.21. The van der Waals surface area contributed by atoms with Gasteiger partial charge in [-0.25, -0.2) is 0 Å². The first-order chi connectivity index (χ1) is 9.74. The number of fused-ring (bicyclic) bond motifs is 4. The number of aryl methyl sites for hydroxylation is 2. The molecule has 2 aliphatic carbocycles. The summed E-state index contributed by atoms with van der Waals surface area (Å²) >= 11 is 6.20. The van der Waals surface area contributed by atoms with Crippen molar-refractivity contribution in [1.82, 2.24) is 0 Å². The van der Waals surface area contributed by atoms with Crippen LogP contribution < -0.4 is 0 Å². The molecule has 2 aromatic rings. The van der Waals surface area contributed by atoms with Crippen LogP contribution in [0, 0.1) is 6.92 Å². The van der Waals surface area contributed by atoms with Gasteiger partial charge in [-0.3, -0.25) is 0 Å². The molecule has 0 saturated heterocycles. The minimum Gasteiger partial charge on any atom is -0.0843 e. The van der Waals surface area contributed by atoms with Crippen LogP contribution in [-0.4, -0.2) is 0 Å². The van der Waals surface area contributed by atoms with Crippen LogP contribution in [0.2, 0.25) is 5.02 Å². The van der Waals surface area contributed by atoms with Crippen LogP contribution in [0.25, 0.3) is 16.3 Å². The molecule has 0 amide bonds. The molecule has 0 aromatic heterocycles. The molecular weight excluding hydrogens is 264 g/mol. The largest absolute Gasteiger partial charge is 0.0843 e. The van der Waals surface area contributed by atoms with Crippen molar-refractivity contribution in [2.45, 2.75) is 32.6 Å². The Balaban J connectivity index is 2.05. The van der Waals surface area contributed by atoms with Gasteiger partial charge in [-0.15, -0.1) is 0 Å². The lowest BCUT2D eigenvalue weighted by atomic mass is 9.79. The van der Waals surface area contributed by atoms with E-state index in [1.165, 1.54) is 58.7 Å². The highest BCUT2D eigenvalue weighted by Crippen LogP contribution is 2.41. The Morgan fingerprint density at radius 3 is 2.85 bits per heavy atom. The van der Waals surface area contributed by atoms with Crippen LogP contribution in [0.1, 0.15) is 36.0 Å². The maximum Gasteiger partial charge on any atom is 0.0415 e. The summed E-state index contributed by atoms with van der Waals surface area (Å²) in [7, 11) is 0. The first-order valence-corrected chi connectivity index (χ1v) is 7.72. The number of rotatable bonds is 0. The van der Waals surface area contributed by atoms with Gasteiger partial charge in [-0.1, -0.05) is 41.5 Å². The zero-order valence-electron chi connectivity index (χ0n) is 11.7. The number of allylic oxidation sites excluding steroid dienone is 4. The normalized spacial score (nSPS) is 17.3. The molecule has 1 heteroatoms. The molecule has 20 heavy (non-hydrogen) atoms. The Morgan fingerprint density at radius 2 is 1.95 bits per heavy atom. The fourth-order valence-corrected chi connectivity index (χ4v) is 4.04. The van der Waals surface area contributed by atoms with E-state index in [4.69, 9.17) is 11.6 Å². The molecule has 2 aliphatic rings. The maximum absolute atomic E-state index is 6.20. The molecule has 0 saturated carbocycles. The van der Waals surface area contributed by atoms with Gasteiger partial charge in [0.05, 0.1) is 0 Å². The predicted octanol–water partition coefficient (Wildman–Crippen LogP) is 5.85. The van der Waals surface area contributed by atoms with Crippen LogP contribution in [0.4, 0.5) is 0 Å². The molecule has 0 aliphatic heterocycles. The van der Waals surface area contributed by atoms with Crippen molar-refractivity contribution in [3.8, 4) is 0 Å². The average Bonchev–Trinajstić information content (AvgIpc) is 2.46. The van der Waals surface area contributed by atoms with Crippen molar-refractivity contribution >= 4 is 27.9 Å². The topological polar surface area (TPSA) is 0 Å². The zero-order valence-corrected chi connectivity index (χ0v) is 12.4. The molecule has 0 bridgehead atoms. The summed E-state index contributed by atoms with van der Waals surface area (Å²) in [5, 5.41) is 3.53. The quantitative estimate of drug-likeness (QED) is 0.568. The minimum absolute atomic E-state index is 0.836. The third-order valence-corrected chi connectivity index (χ3v) is 4.85.